The van der Waals surface area contributed by atoms with E-state index in [-0.39, 0.29) is 17.7 Å². The summed E-state index contributed by atoms with van der Waals surface area (Å²) in [7, 11) is 1.51. The number of hydrogen-bond acceptors (Lipinski definition) is 4. The Bertz CT molecular complexity index is 1010. The molecular weight excluding hydrogens is 354 g/mol. The van der Waals surface area contributed by atoms with Crippen molar-refractivity contribution < 1.29 is 14.4 Å². The number of carbonyl (C=O) groups is 3. The number of aryl methyl sites for hydroxylation is 1. The van der Waals surface area contributed by atoms with Gasteiger partial charge in [-0.3, -0.25) is 19.3 Å². The molecule has 0 unspecified atom stereocenters. The monoisotopic (exact) mass is 375 g/mol. The predicted octanol–water partition coefficient (Wildman–Crippen LogP) is 2.81. The number of imide groups is 1. The van der Waals surface area contributed by atoms with Gasteiger partial charge in [-0.15, -0.1) is 0 Å². The van der Waals surface area contributed by atoms with E-state index in [0.717, 1.165) is 18.5 Å². The zero-order chi connectivity index (χ0) is 19.8. The van der Waals surface area contributed by atoms with Gasteiger partial charge in [0, 0.05) is 31.9 Å². The minimum Gasteiger partial charge on any atom is -0.336 e. The van der Waals surface area contributed by atoms with Crippen molar-refractivity contribution in [2.24, 2.45) is 0 Å². The highest BCUT2D eigenvalue weighted by molar-refractivity contribution is 6.36. The zero-order valence-corrected chi connectivity index (χ0v) is 15.9. The zero-order valence-electron chi connectivity index (χ0n) is 15.9. The summed E-state index contributed by atoms with van der Waals surface area (Å²) in [5, 5.41) is 2.71. The Kier molecular flexibility index (Phi) is 4.47. The first-order valence-electron chi connectivity index (χ1n) is 9.27. The number of rotatable bonds is 3. The lowest BCUT2D eigenvalue weighted by molar-refractivity contribution is -0.135. The lowest BCUT2D eigenvalue weighted by atomic mass is 9.98. The Morgan fingerprint density at radius 1 is 1.00 bits per heavy atom. The predicted molar refractivity (Wildman–Crippen MR) is 108 cm³/mol. The molecule has 142 valence electrons. The SMILES string of the molecule is CC(=O)Nc1ccc(C2=C(N3CCCc4ccccc43)C(=O)N(C)C2=O)cc1. The standard InChI is InChI=1S/C22H21N3O3/c1-14(26)23-17-11-9-16(10-12-17)19-20(22(28)24(2)21(19)27)25-13-5-7-15-6-3-4-8-18(15)25/h3-4,6,8-12H,5,7,13H2,1-2H3,(H,23,26). The Balaban J connectivity index is 1.82. The maximum atomic E-state index is 13.0. The number of amides is 3. The highest BCUT2D eigenvalue weighted by atomic mass is 16.2. The summed E-state index contributed by atoms with van der Waals surface area (Å²) >= 11 is 0. The van der Waals surface area contributed by atoms with E-state index >= 15 is 0 Å². The lowest BCUT2D eigenvalue weighted by Gasteiger charge is -2.31. The highest BCUT2D eigenvalue weighted by Gasteiger charge is 2.40. The van der Waals surface area contributed by atoms with Gasteiger partial charge >= 0.3 is 0 Å². The van der Waals surface area contributed by atoms with E-state index in [2.05, 4.69) is 11.4 Å². The largest absolute Gasteiger partial charge is 0.336 e. The molecule has 1 N–H and O–H groups in total. The van der Waals surface area contributed by atoms with Crippen LogP contribution in [-0.2, 0) is 20.8 Å². The summed E-state index contributed by atoms with van der Waals surface area (Å²) in [6, 6.07) is 15.0. The Labute approximate surface area is 163 Å². The van der Waals surface area contributed by atoms with E-state index in [1.807, 2.05) is 23.1 Å². The van der Waals surface area contributed by atoms with Crippen molar-refractivity contribution in [3.8, 4) is 0 Å². The van der Waals surface area contributed by atoms with Gasteiger partial charge in [-0.05, 0) is 42.2 Å². The fourth-order valence-corrected chi connectivity index (χ4v) is 3.83. The molecular formula is C22H21N3O3. The molecule has 4 rings (SSSR count). The molecule has 0 saturated heterocycles. The number of nitrogens with one attached hydrogen (secondary N) is 1. The van der Waals surface area contributed by atoms with Gasteiger partial charge in [-0.1, -0.05) is 30.3 Å². The molecule has 2 aromatic carbocycles. The van der Waals surface area contributed by atoms with Crippen LogP contribution in [0.1, 0.15) is 24.5 Å². The van der Waals surface area contributed by atoms with E-state index in [4.69, 9.17) is 0 Å². The fraction of sp³-hybridized carbons (Fsp3) is 0.227. The number of nitrogens with zero attached hydrogens (tertiary/aromatic N) is 2. The van der Waals surface area contributed by atoms with Gasteiger partial charge in [0.2, 0.25) is 5.91 Å². The topological polar surface area (TPSA) is 69.7 Å². The van der Waals surface area contributed by atoms with Crippen LogP contribution in [0.15, 0.2) is 54.2 Å². The summed E-state index contributed by atoms with van der Waals surface area (Å²) in [5.41, 5.74) is 4.29. The van der Waals surface area contributed by atoms with Crippen LogP contribution in [0.4, 0.5) is 11.4 Å². The van der Waals surface area contributed by atoms with Crippen molar-refractivity contribution in [1.82, 2.24) is 4.90 Å². The quantitative estimate of drug-likeness (QED) is 0.838. The van der Waals surface area contributed by atoms with Crippen LogP contribution in [0, 0.1) is 0 Å². The van der Waals surface area contributed by atoms with Gasteiger partial charge in [0.1, 0.15) is 5.70 Å². The van der Waals surface area contributed by atoms with Crippen molar-refractivity contribution in [2.75, 3.05) is 23.8 Å². The number of benzene rings is 2. The van der Waals surface area contributed by atoms with Crippen LogP contribution in [-0.4, -0.2) is 36.2 Å². The van der Waals surface area contributed by atoms with Crippen LogP contribution in [0.3, 0.4) is 0 Å². The number of carbonyl (C=O) groups excluding carboxylic acids is 3. The third kappa shape index (κ3) is 2.97. The molecule has 28 heavy (non-hydrogen) atoms. The molecule has 0 aliphatic carbocycles. The smallest absolute Gasteiger partial charge is 0.277 e. The van der Waals surface area contributed by atoms with Gasteiger partial charge in [0.15, 0.2) is 0 Å². The first-order valence-corrected chi connectivity index (χ1v) is 9.27. The third-order valence-corrected chi connectivity index (χ3v) is 5.14. The first kappa shape index (κ1) is 18.0. The van der Waals surface area contributed by atoms with E-state index in [1.165, 1.54) is 24.4 Å². The summed E-state index contributed by atoms with van der Waals surface area (Å²) in [6.07, 6.45) is 1.87. The molecule has 0 atom stereocenters. The lowest BCUT2D eigenvalue weighted by Crippen LogP contribution is -2.35. The molecule has 0 fully saturated rings. The molecule has 2 aromatic rings. The van der Waals surface area contributed by atoms with Gasteiger partial charge in [-0.25, -0.2) is 0 Å². The van der Waals surface area contributed by atoms with Crippen LogP contribution >= 0.6 is 0 Å². The van der Waals surface area contributed by atoms with Gasteiger partial charge in [-0.2, -0.15) is 0 Å². The number of hydrogen-bond donors (Lipinski definition) is 1. The van der Waals surface area contributed by atoms with Crippen LogP contribution in [0.5, 0.6) is 0 Å². The first-order chi connectivity index (χ1) is 13.5. The molecule has 0 radical (unpaired) electrons. The normalized spacial score (nSPS) is 16.5. The third-order valence-electron chi connectivity index (χ3n) is 5.14. The fourth-order valence-electron chi connectivity index (χ4n) is 3.83. The van der Waals surface area contributed by atoms with Gasteiger partial charge in [0.05, 0.1) is 5.57 Å². The Morgan fingerprint density at radius 2 is 1.71 bits per heavy atom. The molecule has 3 amide bonds. The van der Waals surface area contributed by atoms with Crippen LogP contribution in [0.2, 0.25) is 0 Å². The van der Waals surface area contributed by atoms with E-state index in [0.29, 0.717) is 29.1 Å². The maximum absolute atomic E-state index is 13.0. The second-order valence-corrected chi connectivity index (χ2v) is 7.04. The second-order valence-electron chi connectivity index (χ2n) is 7.04. The van der Waals surface area contributed by atoms with Crippen molar-refractivity contribution in [3.05, 3.63) is 65.4 Å². The highest BCUT2D eigenvalue weighted by Crippen LogP contribution is 2.37. The molecule has 2 aliphatic rings. The van der Waals surface area contributed by atoms with Crippen LogP contribution in [0.25, 0.3) is 5.57 Å². The molecule has 6 heteroatoms. The maximum Gasteiger partial charge on any atom is 0.277 e. The number of anilines is 2. The Morgan fingerprint density at radius 3 is 2.43 bits per heavy atom. The Hall–Kier alpha value is -3.41. The molecule has 0 bridgehead atoms. The molecule has 0 saturated carbocycles. The van der Waals surface area contributed by atoms with Gasteiger partial charge < -0.3 is 10.2 Å². The number of fused-ring (bicyclic) bond motifs is 1. The summed E-state index contributed by atoms with van der Waals surface area (Å²) in [5.74, 6) is -0.762. The average molecular weight is 375 g/mol. The van der Waals surface area contributed by atoms with E-state index < -0.39 is 0 Å². The molecule has 2 aliphatic heterocycles. The minimum absolute atomic E-state index is 0.163. The van der Waals surface area contributed by atoms with Crippen molar-refractivity contribution >= 4 is 34.7 Å². The molecule has 6 nitrogen and oxygen atoms in total. The van der Waals surface area contributed by atoms with Crippen molar-refractivity contribution in [2.45, 2.75) is 19.8 Å². The van der Waals surface area contributed by atoms with E-state index in [1.54, 1.807) is 24.3 Å². The number of likely N-dealkylation sites (N-methyl/N-ethyl adjacent to an activating group) is 1. The summed E-state index contributed by atoms with van der Waals surface area (Å²) < 4.78 is 0. The summed E-state index contributed by atoms with van der Waals surface area (Å²) in [6.45, 7) is 2.13. The molecule has 0 spiro atoms. The summed E-state index contributed by atoms with van der Waals surface area (Å²) in [4.78, 5) is 40.2. The molecule has 0 aromatic heterocycles. The van der Waals surface area contributed by atoms with Gasteiger partial charge in [0.25, 0.3) is 11.8 Å². The van der Waals surface area contributed by atoms with Crippen LogP contribution < -0.4 is 10.2 Å². The second kappa shape index (κ2) is 6.96. The average Bonchev–Trinajstić information content (AvgIpc) is 2.92. The van der Waals surface area contributed by atoms with Crippen molar-refractivity contribution in [1.29, 1.82) is 0 Å². The van der Waals surface area contributed by atoms with Crippen molar-refractivity contribution in [3.63, 3.8) is 0 Å². The number of para-hydroxylation sites is 1. The van der Waals surface area contributed by atoms with E-state index in [9.17, 15) is 14.4 Å². The molecule has 2 heterocycles. The minimum atomic E-state index is -0.310.